The van der Waals surface area contributed by atoms with Crippen molar-refractivity contribution in [2.45, 2.75) is 70.0 Å². The first kappa shape index (κ1) is 25.0. The first-order valence-electron chi connectivity index (χ1n) is 8.34. The highest BCUT2D eigenvalue weighted by atomic mass is 35.6. The summed E-state index contributed by atoms with van der Waals surface area (Å²) < 4.78 is -2.17. The zero-order valence-corrected chi connectivity index (χ0v) is 17.7. The molecule has 0 atom stereocenters. The molecule has 0 bridgehead atoms. The maximum atomic E-state index is 9.62. The summed E-state index contributed by atoms with van der Waals surface area (Å²) in [4.78, 5) is 9.62. The van der Waals surface area contributed by atoms with Gasteiger partial charge in [0.2, 0.25) is 0 Å². The molecule has 0 spiro atoms. The molecule has 6 heteroatoms. The summed E-state index contributed by atoms with van der Waals surface area (Å²) >= 11 is 14.4. The lowest BCUT2D eigenvalue weighted by atomic mass is 10.4. The van der Waals surface area contributed by atoms with Crippen molar-refractivity contribution in [1.82, 2.24) is 0 Å². The van der Waals surface area contributed by atoms with Crippen LogP contribution in [-0.4, -0.2) is 39.5 Å². The number of hydrogen-bond acceptors (Lipinski definition) is 1. The number of carboxylic acid groups (broad SMARTS) is 1. The molecule has 0 fully saturated rings. The quantitative estimate of drug-likeness (QED) is 0.324. The molecule has 2 nitrogen and oxygen atoms in total. The van der Waals surface area contributed by atoms with Crippen molar-refractivity contribution in [3.05, 3.63) is 0 Å². The Hall–Kier alpha value is 0.770. The zero-order chi connectivity index (χ0) is 17.6. The SMILES string of the molecule is CCCC[P](CC)(CCCC)CCCC.O=C(O)C(Cl)(Cl)Cl. The second-order valence-electron chi connectivity index (χ2n) is 5.69. The molecule has 0 saturated heterocycles. The summed E-state index contributed by atoms with van der Waals surface area (Å²) in [5.74, 6) is -1.46. The summed E-state index contributed by atoms with van der Waals surface area (Å²) in [6.45, 7) is 9.46. The van der Waals surface area contributed by atoms with Crippen LogP contribution in [0.5, 0.6) is 0 Å². The van der Waals surface area contributed by atoms with Crippen LogP contribution in [0.3, 0.4) is 0 Å². The summed E-state index contributed by atoms with van der Waals surface area (Å²) in [6, 6.07) is 0. The van der Waals surface area contributed by atoms with E-state index in [-0.39, 0.29) is 0 Å². The van der Waals surface area contributed by atoms with Crippen LogP contribution in [0.25, 0.3) is 0 Å². The van der Waals surface area contributed by atoms with E-state index >= 15 is 0 Å². The minimum atomic E-state index is -2.17. The largest absolute Gasteiger partial charge is 0.478 e. The highest BCUT2D eigenvalue weighted by Crippen LogP contribution is 2.60. The molecule has 0 rings (SSSR count). The number of hydrogen-bond donors (Lipinski definition) is 1. The Labute approximate surface area is 152 Å². The van der Waals surface area contributed by atoms with E-state index < -0.39 is 17.0 Å². The Morgan fingerprint density at radius 2 is 1.14 bits per heavy atom. The minimum Gasteiger partial charge on any atom is -0.478 e. The molecule has 0 saturated carbocycles. The Balaban J connectivity index is 0. The van der Waals surface area contributed by atoms with Gasteiger partial charge in [-0.15, -0.1) is 7.26 Å². The molecule has 0 aliphatic carbocycles. The fourth-order valence-electron chi connectivity index (χ4n) is 2.29. The number of alkyl halides is 3. The van der Waals surface area contributed by atoms with E-state index in [9.17, 15) is 4.79 Å². The van der Waals surface area contributed by atoms with E-state index in [2.05, 4.69) is 27.7 Å². The van der Waals surface area contributed by atoms with Gasteiger partial charge in [0.15, 0.2) is 0 Å². The van der Waals surface area contributed by atoms with Crippen molar-refractivity contribution in [2.24, 2.45) is 0 Å². The van der Waals surface area contributed by atoms with Gasteiger partial charge >= 0.3 is 5.97 Å². The lowest BCUT2D eigenvalue weighted by molar-refractivity contribution is -0.135. The van der Waals surface area contributed by atoms with Crippen LogP contribution in [0.15, 0.2) is 0 Å². The fourth-order valence-corrected chi connectivity index (χ4v) is 6.87. The first-order chi connectivity index (χ1) is 10.2. The topological polar surface area (TPSA) is 37.3 Å². The molecule has 1 radical (unpaired) electrons. The van der Waals surface area contributed by atoms with Crippen molar-refractivity contribution in [3.8, 4) is 0 Å². The average Bonchev–Trinajstić information content (AvgIpc) is 2.47. The molecule has 0 unspecified atom stereocenters. The zero-order valence-electron chi connectivity index (χ0n) is 14.5. The van der Waals surface area contributed by atoms with E-state index in [0.29, 0.717) is 0 Å². The average molecular weight is 395 g/mol. The summed E-state index contributed by atoms with van der Waals surface area (Å²) in [6.07, 6.45) is 14.9. The third-order valence-electron chi connectivity index (χ3n) is 3.87. The van der Waals surface area contributed by atoms with Crippen molar-refractivity contribution in [2.75, 3.05) is 24.6 Å². The molecule has 135 valence electrons. The smallest absolute Gasteiger partial charge is 0.356 e. The van der Waals surface area contributed by atoms with Crippen LogP contribution in [0.4, 0.5) is 0 Å². The van der Waals surface area contributed by atoms with Gasteiger partial charge in [-0.05, 0) is 43.9 Å². The predicted octanol–water partition coefficient (Wildman–Crippen LogP) is 6.87. The second kappa shape index (κ2) is 14.1. The Bertz CT molecular complexity index is 259. The van der Waals surface area contributed by atoms with Crippen molar-refractivity contribution in [1.29, 1.82) is 0 Å². The van der Waals surface area contributed by atoms with Gasteiger partial charge in [-0.25, -0.2) is 4.79 Å². The van der Waals surface area contributed by atoms with Gasteiger partial charge in [-0.2, -0.15) is 0 Å². The van der Waals surface area contributed by atoms with Gasteiger partial charge in [0, 0.05) is 0 Å². The van der Waals surface area contributed by atoms with Crippen LogP contribution >= 0.6 is 42.1 Å². The normalized spacial score (nSPS) is 11.8. The molecule has 0 aliphatic rings. The predicted molar refractivity (Wildman–Crippen MR) is 105 cm³/mol. The molecule has 0 aromatic heterocycles. The lowest BCUT2D eigenvalue weighted by Crippen LogP contribution is -2.16. The van der Waals surface area contributed by atoms with Crippen LogP contribution in [0.1, 0.15) is 66.2 Å². The summed E-state index contributed by atoms with van der Waals surface area (Å²) in [7, 11) is -0.527. The third-order valence-corrected chi connectivity index (χ3v) is 9.49. The van der Waals surface area contributed by atoms with E-state index in [1.807, 2.05) is 0 Å². The lowest BCUT2D eigenvalue weighted by Gasteiger charge is -2.36. The van der Waals surface area contributed by atoms with Crippen molar-refractivity contribution in [3.63, 3.8) is 0 Å². The van der Waals surface area contributed by atoms with E-state index in [0.717, 1.165) is 0 Å². The number of rotatable bonds is 10. The number of unbranched alkanes of at least 4 members (excludes halogenated alkanes) is 3. The molecule has 1 N–H and O–H groups in total. The van der Waals surface area contributed by atoms with Crippen LogP contribution in [0, 0.1) is 0 Å². The number of halogens is 3. The Morgan fingerprint density at radius 3 is 1.27 bits per heavy atom. The minimum absolute atomic E-state index is 0.527. The van der Waals surface area contributed by atoms with Crippen molar-refractivity contribution < 1.29 is 9.90 Å². The number of carbonyl (C=O) groups is 1. The molecular formula is C16H33Cl3O2P. The van der Waals surface area contributed by atoms with Crippen molar-refractivity contribution >= 4 is 48.0 Å². The van der Waals surface area contributed by atoms with Gasteiger partial charge in [0.25, 0.3) is 3.79 Å². The molecule has 0 amide bonds. The van der Waals surface area contributed by atoms with E-state index in [4.69, 9.17) is 39.9 Å². The Morgan fingerprint density at radius 1 is 0.864 bits per heavy atom. The molecular weight excluding hydrogens is 362 g/mol. The highest BCUT2D eigenvalue weighted by Gasteiger charge is 2.29. The van der Waals surface area contributed by atoms with Gasteiger partial charge < -0.3 is 5.11 Å². The van der Waals surface area contributed by atoms with Gasteiger partial charge in [-0.1, -0.05) is 81.8 Å². The molecule has 0 aromatic carbocycles. The Kier molecular flexibility index (Phi) is 16.1. The fraction of sp³-hybridized carbons (Fsp3) is 0.938. The molecule has 22 heavy (non-hydrogen) atoms. The third kappa shape index (κ3) is 13.2. The maximum absolute atomic E-state index is 9.62. The van der Waals surface area contributed by atoms with Crippen LogP contribution < -0.4 is 0 Å². The van der Waals surface area contributed by atoms with E-state index in [1.165, 1.54) is 44.7 Å². The second-order valence-corrected chi connectivity index (χ2v) is 12.6. The van der Waals surface area contributed by atoms with Gasteiger partial charge in [0.05, 0.1) is 0 Å². The van der Waals surface area contributed by atoms with Crippen LogP contribution in [-0.2, 0) is 4.79 Å². The maximum Gasteiger partial charge on any atom is 0.356 e. The standard InChI is InChI=1S/C14H32P.C2HCl3O2/c1-5-9-12-15(8-4,13-10-6-2)14-11-7-3;3-2(4,5)1(6)7/h5-14H2,1-4H3;(H,6,7). The monoisotopic (exact) mass is 393 g/mol. The molecule has 0 heterocycles. The summed E-state index contributed by atoms with van der Waals surface area (Å²) in [5, 5.41) is 7.85. The van der Waals surface area contributed by atoms with Gasteiger partial charge in [-0.3, -0.25) is 0 Å². The van der Waals surface area contributed by atoms with E-state index in [1.54, 1.807) is 18.5 Å². The number of aliphatic carboxylic acids is 1. The van der Waals surface area contributed by atoms with Crippen LogP contribution in [0.2, 0.25) is 0 Å². The van der Waals surface area contributed by atoms with Gasteiger partial charge in [0.1, 0.15) is 0 Å². The number of carboxylic acids is 1. The summed E-state index contributed by atoms with van der Waals surface area (Å²) in [5.41, 5.74) is 0. The molecule has 0 aromatic rings. The molecule has 0 aliphatic heterocycles. The first-order valence-corrected chi connectivity index (χ1v) is 12.0. The highest BCUT2D eigenvalue weighted by molar-refractivity contribution is 7.75.